The Morgan fingerprint density at radius 1 is 1.18 bits per heavy atom. The molecule has 0 heterocycles. The molecule has 7 heteroatoms. The van der Waals surface area contributed by atoms with Gasteiger partial charge in [-0.1, -0.05) is 12.1 Å². The molecule has 0 aliphatic carbocycles. The first-order valence-electron chi connectivity index (χ1n) is 4.52. The zero-order valence-electron chi connectivity index (χ0n) is 8.67. The van der Waals surface area contributed by atoms with Crippen LogP contribution in [0.5, 0.6) is 0 Å². The van der Waals surface area contributed by atoms with Crippen LogP contribution in [0.3, 0.4) is 0 Å². The molecule has 0 aromatic heterocycles. The van der Waals surface area contributed by atoms with Crippen molar-refractivity contribution >= 4 is 26.0 Å². The monoisotopic (exact) mass is 313 g/mol. The van der Waals surface area contributed by atoms with Gasteiger partial charge in [0, 0.05) is 4.47 Å². The number of nitriles is 2. The normalized spacial score (nSPS) is 10.8. The fourth-order valence-electron chi connectivity index (χ4n) is 1.18. The molecule has 0 radical (unpaired) electrons. The number of hydrogen-bond acceptors (Lipinski definition) is 4. The molecule has 0 aliphatic rings. The molecule has 0 atom stereocenters. The molecule has 0 aliphatic heterocycles. The van der Waals surface area contributed by atoms with Gasteiger partial charge >= 0.3 is 0 Å². The number of halogens is 1. The molecule has 0 N–H and O–H groups in total. The molecule has 5 nitrogen and oxygen atoms in total. The maximum absolute atomic E-state index is 12.1. The Hall–Kier alpha value is -1.41. The zero-order valence-corrected chi connectivity index (χ0v) is 11.1. The fourth-order valence-corrected chi connectivity index (χ4v) is 3.37. The zero-order chi connectivity index (χ0) is 12.9. The Balaban J connectivity index is 3.23. The highest BCUT2D eigenvalue weighted by Gasteiger charge is 2.25. The number of benzene rings is 1. The predicted molar refractivity (Wildman–Crippen MR) is 64.1 cm³/mol. The van der Waals surface area contributed by atoms with Gasteiger partial charge in [-0.25, -0.2) is 8.42 Å². The second-order valence-corrected chi connectivity index (χ2v) is 5.78. The van der Waals surface area contributed by atoms with E-state index in [-0.39, 0.29) is 18.0 Å². The first kappa shape index (κ1) is 13.7. The Bertz CT molecular complexity index is 570. The molecule has 0 spiro atoms. The summed E-state index contributed by atoms with van der Waals surface area (Å²) < 4.78 is 25.5. The van der Waals surface area contributed by atoms with Gasteiger partial charge in [0.15, 0.2) is 0 Å². The lowest BCUT2D eigenvalue weighted by atomic mass is 10.4. The molecule has 88 valence electrons. The van der Waals surface area contributed by atoms with E-state index in [2.05, 4.69) is 15.9 Å². The molecular weight excluding hydrogens is 306 g/mol. The summed E-state index contributed by atoms with van der Waals surface area (Å²) in [5.74, 6) is 0. The van der Waals surface area contributed by atoms with Crippen molar-refractivity contribution in [1.29, 1.82) is 10.5 Å². The van der Waals surface area contributed by atoms with Gasteiger partial charge in [-0.2, -0.15) is 14.8 Å². The second-order valence-electron chi connectivity index (χ2n) is 3.02. The minimum Gasteiger partial charge on any atom is -0.207 e. The van der Waals surface area contributed by atoms with Gasteiger partial charge in [0.2, 0.25) is 10.0 Å². The van der Waals surface area contributed by atoms with Crippen LogP contribution in [0, 0.1) is 22.7 Å². The standard InChI is InChI=1S/C10H8BrN3O2S/c11-9-3-1-2-4-10(9)17(15,16)14(7-5-12)8-6-13/h1-4H,7-8H2. The summed E-state index contributed by atoms with van der Waals surface area (Å²) in [6, 6.07) is 9.72. The summed E-state index contributed by atoms with van der Waals surface area (Å²) in [6.45, 7) is -0.700. The molecule has 0 saturated heterocycles. The smallest absolute Gasteiger partial charge is 0.207 e. The van der Waals surface area contributed by atoms with Gasteiger partial charge in [0.05, 0.1) is 17.0 Å². The quantitative estimate of drug-likeness (QED) is 0.788. The van der Waals surface area contributed by atoms with Crippen LogP contribution in [-0.2, 0) is 10.0 Å². The van der Waals surface area contributed by atoms with E-state index < -0.39 is 10.0 Å². The van der Waals surface area contributed by atoms with E-state index in [1.807, 2.05) is 0 Å². The van der Waals surface area contributed by atoms with Gasteiger partial charge in [0.25, 0.3) is 0 Å². The van der Waals surface area contributed by atoms with Gasteiger partial charge < -0.3 is 0 Å². The van der Waals surface area contributed by atoms with E-state index in [4.69, 9.17) is 10.5 Å². The fraction of sp³-hybridized carbons (Fsp3) is 0.200. The first-order chi connectivity index (χ1) is 8.04. The molecule has 0 bridgehead atoms. The van der Waals surface area contributed by atoms with Crippen LogP contribution in [0.4, 0.5) is 0 Å². The highest BCUT2D eigenvalue weighted by Crippen LogP contribution is 2.24. The van der Waals surface area contributed by atoms with Crippen molar-refractivity contribution in [2.75, 3.05) is 13.1 Å². The molecule has 1 rings (SSSR count). The first-order valence-corrected chi connectivity index (χ1v) is 6.76. The van der Waals surface area contributed by atoms with E-state index >= 15 is 0 Å². The lowest BCUT2D eigenvalue weighted by Gasteiger charge is -2.16. The molecule has 0 fully saturated rings. The van der Waals surface area contributed by atoms with Gasteiger partial charge in [-0.05, 0) is 28.1 Å². The van der Waals surface area contributed by atoms with Crippen molar-refractivity contribution < 1.29 is 8.42 Å². The maximum Gasteiger partial charge on any atom is 0.246 e. The SMILES string of the molecule is N#CCN(CC#N)S(=O)(=O)c1ccccc1Br. The Kier molecular flexibility index (Phi) is 4.64. The molecule has 0 unspecified atom stereocenters. The van der Waals surface area contributed by atoms with Gasteiger partial charge in [0.1, 0.15) is 13.1 Å². The van der Waals surface area contributed by atoms with Crippen LogP contribution in [0.15, 0.2) is 33.6 Å². The third-order valence-electron chi connectivity index (χ3n) is 1.95. The topological polar surface area (TPSA) is 85.0 Å². The van der Waals surface area contributed by atoms with Crippen molar-refractivity contribution in [3.63, 3.8) is 0 Å². The van der Waals surface area contributed by atoms with E-state index in [0.29, 0.717) is 4.47 Å². The average Bonchev–Trinajstić information content (AvgIpc) is 2.29. The highest BCUT2D eigenvalue weighted by molar-refractivity contribution is 9.10. The minimum atomic E-state index is -3.81. The molecular formula is C10H8BrN3O2S. The summed E-state index contributed by atoms with van der Waals surface area (Å²) in [5.41, 5.74) is 0. The predicted octanol–water partition coefficient (Wildman–Crippen LogP) is 1.49. The summed E-state index contributed by atoms with van der Waals surface area (Å²) in [6.07, 6.45) is 0. The minimum absolute atomic E-state index is 0.0468. The summed E-state index contributed by atoms with van der Waals surface area (Å²) in [4.78, 5) is 0.0468. The molecule has 17 heavy (non-hydrogen) atoms. The van der Waals surface area contributed by atoms with Crippen molar-refractivity contribution in [2.24, 2.45) is 0 Å². The van der Waals surface area contributed by atoms with Crippen LogP contribution in [0.2, 0.25) is 0 Å². The van der Waals surface area contributed by atoms with Gasteiger partial charge in [-0.15, -0.1) is 0 Å². The lowest BCUT2D eigenvalue weighted by Crippen LogP contribution is -2.32. The molecule has 0 saturated carbocycles. The molecule has 0 amide bonds. The Labute approximate surface area is 108 Å². The average molecular weight is 314 g/mol. The number of rotatable bonds is 4. The molecule has 1 aromatic carbocycles. The molecule has 1 aromatic rings. The van der Waals surface area contributed by atoms with Crippen LogP contribution < -0.4 is 0 Å². The van der Waals surface area contributed by atoms with Crippen LogP contribution in [0.1, 0.15) is 0 Å². The van der Waals surface area contributed by atoms with E-state index in [1.54, 1.807) is 30.3 Å². The lowest BCUT2D eigenvalue weighted by molar-refractivity contribution is 0.479. The Morgan fingerprint density at radius 3 is 2.18 bits per heavy atom. The summed E-state index contributed by atoms with van der Waals surface area (Å²) in [5, 5.41) is 17.1. The van der Waals surface area contributed by atoms with E-state index in [1.165, 1.54) is 6.07 Å². The van der Waals surface area contributed by atoms with Crippen molar-refractivity contribution in [3.05, 3.63) is 28.7 Å². The maximum atomic E-state index is 12.1. The Morgan fingerprint density at radius 2 is 1.71 bits per heavy atom. The highest BCUT2D eigenvalue weighted by atomic mass is 79.9. The number of hydrogen-bond donors (Lipinski definition) is 0. The van der Waals surface area contributed by atoms with Crippen molar-refractivity contribution in [2.45, 2.75) is 4.90 Å². The van der Waals surface area contributed by atoms with Crippen LogP contribution in [0.25, 0.3) is 0 Å². The largest absolute Gasteiger partial charge is 0.246 e. The van der Waals surface area contributed by atoms with Crippen LogP contribution in [-0.4, -0.2) is 25.8 Å². The summed E-state index contributed by atoms with van der Waals surface area (Å²) >= 11 is 3.13. The van der Waals surface area contributed by atoms with Crippen LogP contribution >= 0.6 is 15.9 Å². The second kappa shape index (κ2) is 5.78. The van der Waals surface area contributed by atoms with E-state index in [9.17, 15) is 8.42 Å². The van der Waals surface area contributed by atoms with Gasteiger partial charge in [-0.3, -0.25) is 0 Å². The third kappa shape index (κ3) is 3.04. The van der Waals surface area contributed by atoms with Crippen molar-refractivity contribution in [3.8, 4) is 12.1 Å². The third-order valence-corrected chi connectivity index (χ3v) is 4.75. The van der Waals surface area contributed by atoms with E-state index in [0.717, 1.165) is 4.31 Å². The van der Waals surface area contributed by atoms with Crippen molar-refractivity contribution in [1.82, 2.24) is 4.31 Å². The summed E-state index contributed by atoms with van der Waals surface area (Å²) in [7, 11) is -3.81. The number of sulfonamides is 1. The number of nitrogens with zero attached hydrogens (tertiary/aromatic N) is 3.